The van der Waals surface area contributed by atoms with E-state index < -0.39 is 0 Å². The lowest BCUT2D eigenvalue weighted by Crippen LogP contribution is -1.94. The number of benzene rings is 2. The Kier molecular flexibility index (Phi) is 1.82. The second kappa shape index (κ2) is 3.09. The summed E-state index contributed by atoms with van der Waals surface area (Å²) in [7, 11) is 0. The molecule has 0 spiro atoms. The maximum Gasteiger partial charge on any atom is 0.194 e. The van der Waals surface area contributed by atoms with E-state index in [-0.39, 0.29) is 11.5 Å². The SMILES string of the molecule is O=C1c2ccccc2-c2c(Cl)cc(O)cc21. The first kappa shape index (κ1) is 9.43. The smallest absolute Gasteiger partial charge is 0.194 e. The fourth-order valence-electron chi connectivity index (χ4n) is 2.09. The molecule has 1 aliphatic rings. The predicted molar refractivity (Wildman–Crippen MR) is 62.0 cm³/mol. The zero-order chi connectivity index (χ0) is 11.3. The number of aromatic hydroxyl groups is 1. The van der Waals surface area contributed by atoms with Gasteiger partial charge >= 0.3 is 0 Å². The Morgan fingerprint density at radius 2 is 1.69 bits per heavy atom. The van der Waals surface area contributed by atoms with Gasteiger partial charge in [0.2, 0.25) is 0 Å². The van der Waals surface area contributed by atoms with Gasteiger partial charge in [-0.3, -0.25) is 4.79 Å². The van der Waals surface area contributed by atoms with Crippen molar-refractivity contribution in [3.05, 3.63) is 52.5 Å². The fraction of sp³-hybridized carbons (Fsp3) is 0. The van der Waals surface area contributed by atoms with Crippen LogP contribution >= 0.6 is 11.6 Å². The summed E-state index contributed by atoms with van der Waals surface area (Å²) < 4.78 is 0. The van der Waals surface area contributed by atoms with Crippen molar-refractivity contribution in [2.24, 2.45) is 0 Å². The molecule has 0 fully saturated rings. The summed E-state index contributed by atoms with van der Waals surface area (Å²) in [5.41, 5.74) is 2.68. The van der Waals surface area contributed by atoms with Crippen molar-refractivity contribution in [3.63, 3.8) is 0 Å². The number of carbonyl (C=O) groups is 1. The summed E-state index contributed by atoms with van der Waals surface area (Å²) in [6.07, 6.45) is 0. The Balaban J connectivity index is 2.43. The summed E-state index contributed by atoms with van der Waals surface area (Å²) in [5, 5.41) is 9.85. The Labute approximate surface area is 97.1 Å². The molecule has 16 heavy (non-hydrogen) atoms. The molecule has 1 aliphatic carbocycles. The molecule has 0 unspecified atom stereocenters. The summed E-state index contributed by atoms with van der Waals surface area (Å²) in [5.74, 6) is -0.0618. The highest BCUT2D eigenvalue weighted by molar-refractivity contribution is 6.37. The van der Waals surface area contributed by atoms with E-state index >= 15 is 0 Å². The third-order valence-corrected chi connectivity index (χ3v) is 3.06. The molecule has 2 aromatic carbocycles. The summed E-state index contributed by atoms with van der Waals surface area (Å²) >= 11 is 6.06. The number of rotatable bonds is 0. The second-order valence-electron chi connectivity index (χ2n) is 3.72. The molecule has 2 nitrogen and oxygen atoms in total. The van der Waals surface area contributed by atoms with Crippen molar-refractivity contribution >= 4 is 17.4 Å². The van der Waals surface area contributed by atoms with Gasteiger partial charge in [0.15, 0.2) is 5.78 Å². The van der Waals surface area contributed by atoms with Gasteiger partial charge in [-0.1, -0.05) is 35.9 Å². The normalized spacial score (nSPS) is 12.4. The quantitative estimate of drug-likeness (QED) is 0.644. The minimum Gasteiger partial charge on any atom is -0.508 e. The first-order chi connectivity index (χ1) is 7.68. The monoisotopic (exact) mass is 230 g/mol. The molecule has 0 heterocycles. The van der Waals surface area contributed by atoms with E-state index in [0.29, 0.717) is 16.1 Å². The number of hydrogen-bond donors (Lipinski definition) is 1. The Hall–Kier alpha value is -1.80. The molecule has 0 saturated heterocycles. The minimum absolute atomic E-state index is 0.0184. The van der Waals surface area contributed by atoms with E-state index in [9.17, 15) is 9.90 Å². The van der Waals surface area contributed by atoms with Gasteiger partial charge in [-0.2, -0.15) is 0 Å². The van der Waals surface area contributed by atoms with Gasteiger partial charge in [-0.25, -0.2) is 0 Å². The number of phenols is 1. The zero-order valence-electron chi connectivity index (χ0n) is 8.20. The highest BCUT2D eigenvalue weighted by Gasteiger charge is 2.28. The van der Waals surface area contributed by atoms with Crippen molar-refractivity contribution in [2.75, 3.05) is 0 Å². The van der Waals surface area contributed by atoms with Crippen LogP contribution in [0.4, 0.5) is 0 Å². The maximum atomic E-state index is 12.0. The van der Waals surface area contributed by atoms with Crippen LogP contribution < -0.4 is 0 Å². The van der Waals surface area contributed by atoms with Crippen molar-refractivity contribution in [2.45, 2.75) is 0 Å². The van der Waals surface area contributed by atoms with E-state index in [2.05, 4.69) is 0 Å². The number of ketones is 1. The van der Waals surface area contributed by atoms with Gasteiger partial charge in [0, 0.05) is 16.7 Å². The molecule has 0 aromatic heterocycles. The lowest BCUT2D eigenvalue weighted by Gasteiger charge is -2.03. The number of phenolic OH excluding ortho intramolecular Hbond substituents is 1. The standard InChI is InChI=1S/C13H7ClO2/c14-11-6-7(15)5-10-12(11)8-3-1-2-4-9(8)13(10)16/h1-6,15H. The molecule has 0 aliphatic heterocycles. The average Bonchev–Trinajstić information content (AvgIpc) is 2.54. The molecule has 0 bridgehead atoms. The van der Waals surface area contributed by atoms with Crippen LogP contribution in [0.5, 0.6) is 5.75 Å². The average molecular weight is 231 g/mol. The largest absolute Gasteiger partial charge is 0.508 e. The number of fused-ring (bicyclic) bond motifs is 3. The highest BCUT2D eigenvalue weighted by atomic mass is 35.5. The van der Waals surface area contributed by atoms with Crippen molar-refractivity contribution in [3.8, 4) is 16.9 Å². The van der Waals surface area contributed by atoms with Gasteiger partial charge in [0.25, 0.3) is 0 Å². The van der Waals surface area contributed by atoms with Crippen LogP contribution in [0.3, 0.4) is 0 Å². The third kappa shape index (κ3) is 1.11. The first-order valence-electron chi connectivity index (χ1n) is 4.85. The Bertz CT molecular complexity index is 617. The van der Waals surface area contributed by atoms with Crippen LogP contribution in [0.2, 0.25) is 5.02 Å². The number of carbonyl (C=O) groups excluding carboxylic acids is 1. The van der Waals surface area contributed by atoms with E-state index in [4.69, 9.17) is 11.6 Å². The van der Waals surface area contributed by atoms with Gasteiger partial charge < -0.3 is 5.11 Å². The first-order valence-corrected chi connectivity index (χ1v) is 5.23. The number of hydrogen-bond acceptors (Lipinski definition) is 2. The maximum absolute atomic E-state index is 12.0. The van der Waals surface area contributed by atoms with Crippen LogP contribution in [-0.2, 0) is 0 Å². The summed E-state index contributed by atoms with van der Waals surface area (Å²) in [6.45, 7) is 0. The molecular weight excluding hydrogens is 224 g/mol. The van der Waals surface area contributed by atoms with Gasteiger partial charge in [-0.05, 0) is 17.7 Å². The van der Waals surface area contributed by atoms with Crippen LogP contribution in [0.1, 0.15) is 15.9 Å². The third-order valence-electron chi connectivity index (χ3n) is 2.76. The van der Waals surface area contributed by atoms with Crippen LogP contribution in [-0.4, -0.2) is 10.9 Å². The molecule has 0 saturated carbocycles. The van der Waals surface area contributed by atoms with E-state index in [1.54, 1.807) is 6.07 Å². The lowest BCUT2D eigenvalue weighted by atomic mass is 10.1. The summed E-state index contributed by atoms with van der Waals surface area (Å²) in [6, 6.07) is 10.2. The topological polar surface area (TPSA) is 37.3 Å². The van der Waals surface area contributed by atoms with Crippen molar-refractivity contribution < 1.29 is 9.90 Å². The fourth-order valence-corrected chi connectivity index (χ4v) is 2.40. The molecule has 78 valence electrons. The molecular formula is C13H7ClO2. The minimum atomic E-state index is -0.0802. The van der Waals surface area contributed by atoms with Gasteiger partial charge in [0.05, 0.1) is 5.02 Å². The highest BCUT2D eigenvalue weighted by Crippen LogP contribution is 2.42. The predicted octanol–water partition coefficient (Wildman–Crippen LogP) is 3.26. The number of halogens is 1. The Morgan fingerprint density at radius 3 is 2.44 bits per heavy atom. The van der Waals surface area contributed by atoms with E-state index in [1.165, 1.54) is 12.1 Å². The van der Waals surface area contributed by atoms with Crippen LogP contribution in [0, 0.1) is 0 Å². The second-order valence-corrected chi connectivity index (χ2v) is 4.13. The molecule has 0 radical (unpaired) electrons. The Morgan fingerprint density at radius 1 is 1.00 bits per heavy atom. The lowest BCUT2D eigenvalue weighted by molar-refractivity contribution is 0.104. The van der Waals surface area contributed by atoms with Gasteiger partial charge in [-0.15, -0.1) is 0 Å². The molecule has 1 N–H and O–H groups in total. The zero-order valence-corrected chi connectivity index (χ0v) is 8.95. The van der Waals surface area contributed by atoms with E-state index in [1.807, 2.05) is 18.2 Å². The molecule has 3 heteroatoms. The van der Waals surface area contributed by atoms with Crippen LogP contribution in [0.25, 0.3) is 11.1 Å². The molecule has 2 aromatic rings. The molecule has 3 rings (SSSR count). The molecule has 0 amide bonds. The van der Waals surface area contributed by atoms with Gasteiger partial charge in [0.1, 0.15) is 5.75 Å². The van der Waals surface area contributed by atoms with E-state index in [0.717, 1.165) is 11.1 Å². The summed E-state index contributed by atoms with van der Waals surface area (Å²) in [4.78, 5) is 12.0. The van der Waals surface area contributed by atoms with Crippen LogP contribution in [0.15, 0.2) is 36.4 Å². The van der Waals surface area contributed by atoms with Crippen molar-refractivity contribution in [1.82, 2.24) is 0 Å². The molecule has 0 atom stereocenters. The van der Waals surface area contributed by atoms with Crippen molar-refractivity contribution in [1.29, 1.82) is 0 Å².